The van der Waals surface area contributed by atoms with E-state index in [0.717, 1.165) is 24.4 Å². The number of ether oxygens (including phenoxy) is 1. The van der Waals surface area contributed by atoms with Gasteiger partial charge in [-0.3, -0.25) is 9.59 Å². The molecule has 0 unspecified atom stereocenters. The van der Waals surface area contributed by atoms with Gasteiger partial charge in [0.1, 0.15) is 5.75 Å². The van der Waals surface area contributed by atoms with Crippen molar-refractivity contribution in [3.05, 3.63) is 54.1 Å². The molecule has 0 spiro atoms. The minimum Gasteiger partial charge on any atom is -0.494 e. The fourth-order valence-corrected chi connectivity index (χ4v) is 2.72. The minimum atomic E-state index is -0.182. The van der Waals surface area contributed by atoms with Crippen LogP contribution in [0.15, 0.2) is 48.5 Å². The third kappa shape index (κ3) is 3.56. The molecule has 124 valence electrons. The summed E-state index contributed by atoms with van der Waals surface area (Å²) in [7, 11) is 0. The van der Waals surface area contributed by atoms with E-state index in [9.17, 15) is 9.59 Å². The fourth-order valence-electron chi connectivity index (χ4n) is 2.72. The number of hydrogen-bond donors (Lipinski definition) is 1. The first-order valence-corrected chi connectivity index (χ1v) is 8.12. The Labute approximate surface area is 141 Å². The summed E-state index contributed by atoms with van der Waals surface area (Å²) >= 11 is 0. The molecule has 0 bridgehead atoms. The van der Waals surface area contributed by atoms with Crippen molar-refractivity contribution >= 4 is 23.2 Å². The van der Waals surface area contributed by atoms with Gasteiger partial charge in [0.2, 0.25) is 5.91 Å². The Morgan fingerprint density at radius 3 is 2.42 bits per heavy atom. The van der Waals surface area contributed by atoms with E-state index >= 15 is 0 Å². The van der Waals surface area contributed by atoms with Crippen molar-refractivity contribution in [2.24, 2.45) is 0 Å². The van der Waals surface area contributed by atoms with Crippen molar-refractivity contribution < 1.29 is 14.3 Å². The zero-order valence-electron chi connectivity index (χ0n) is 13.6. The summed E-state index contributed by atoms with van der Waals surface area (Å²) in [6, 6.07) is 14.4. The fraction of sp³-hybridized carbons (Fsp3) is 0.263. The summed E-state index contributed by atoms with van der Waals surface area (Å²) in [5.41, 5.74) is 2.11. The van der Waals surface area contributed by atoms with Gasteiger partial charge in [-0.15, -0.1) is 0 Å². The molecule has 1 saturated heterocycles. The molecule has 24 heavy (non-hydrogen) atoms. The number of carbonyl (C=O) groups excluding carboxylic acids is 2. The lowest BCUT2D eigenvalue weighted by Gasteiger charge is -2.15. The van der Waals surface area contributed by atoms with Crippen molar-refractivity contribution in [3.8, 4) is 5.75 Å². The summed E-state index contributed by atoms with van der Waals surface area (Å²) in [6.07, 6.45) is 1.48. The second-order valence-electron chi connectivity index (χ2n) is 5.61. The molecule has 0 atom stereocenters. The van der Waals surface area contributed by atoms with Gasteiger partial charge in [0.15, 0.2) is 0 Å². The Kier molecular flexibility index (Phi) is 4.79. The van der Waals surface area contributed by atoms with Gasteiger partial charge in [0, 0.05) is 29.9 Å². The predicted octanol–water partition coefficient (Wildman–Crippen LogP) is 3.46. The summed E-state index contributed by atoms with van der Waals surface area (Å²) in [4.78, 5) is 25.8. The number of rotatable bonds is 5. The maximum atomic E-state index is 12.3. The van der Waals surface area contributed by atoms with Crippen molar-refractivity contribution in [2.75, 3.05) is 23.4 Å². The number of nitrogens with zero attached hydrogens (tertiary/aromatic N) is 1. The topological polar surface area (TPSA) is 58.6 Å². The van der Waals surface area contributed by atoms with Crippen LogP contribution in [0.4, 0.5) is 11.4 Å². The monoisotopic (exact) mass is 324 g/mol. The molecule has 3 rings (SSSR count). The molecule has 1 heterocycles. The molecule has 5 heteroatoms. The second-order valence-corrected chi connectivity index (χ2v) is 5.61. The first kappa shape index (κ1) is 16.1. The number of anilines is 2. The Balaban J connectivity index is 1.65. The lowest BCUT2D eigenvalue weighted by molar-refractivity contribution is -0.117. The van der Waals surface area contributed by atoms with Gasteiger partial charge in [-0.25, -0.2) is 0 Å². The summed E-state index contributed by atoms with van der Waals surface area (Å²) in [5.74, 6) is 0.732. The van der Waals surface area contributed by atoms with E-state index < -0.39 is 0 Å². The second kappa shape index (κ2) is 7.17. The number of carbonyl (C=O) groups is 2. The highest BCUT2D eigenvalue weighted by Crippen LogP contribution is 2.22. The van der Waals surface area contributed by atoms with Crippen LogP contribution in [0.25, 0.3) is 0 Å². The molecule has 1 aliphatic heterocycles. The molecule has 1 fully saturated rings. The maximum absolute atomic E-state index is 12.3. The summed E-state index contributed by atoms with van der Waals surface area (Å²) in [5, 5.41) is 2.85. The van der Waals surface area contributed by atoms with Crippen molar-refractivity contribution in [2.45, 2.75) is 19.8 Å². The standard InChI is InChI=1S/C19H20N2O3/c1-2-24-17-11-7-15(8-12-17)20-19(23)14-5-9-16(10-6-14)21-13-3-4-18(21)22/h5-12H,2-4,13H2,1H3,(H,20,23). The van der Waals surface area contributed by atoms with Crippen LogP contribution in [0.2, 0.25) is 0 Å². The quantitative estimate of drug-likeness (QED) is 0.916. The molecule has 1 aliphatic rings. The predicted molar refractivity (Wildman–Crippen MR) is 93.6 cm³/mol. The minimum absolute atomic E-state index is 0.140. The van der Waals surface area contributed by atoms with E-state index in [1.165, 1.54) is 0 Å². The lowest BCUT2D eigenvalue weighted by atomic mass is 10.1. The average Bonchev–Trinajstić information content (AvgIpc) is 3.03. The molecule has 5 nitrogen and oxygen atoms in total. The number of hydrogen-bond acceptors (Lipinski definition) is 3. The van der Waals surface area contributed by atoms with E-state index in [1.54, 1.807) is 29.2 Å². The number of amides is 2. The van der Waals surface area contributed by atoms with Crippen LogP contribution in [0.3, 0.4) is 0 Å². The SMILES string of the molecule is CCOc1ccc(NC(=O)c2ccc(N3CCCC3=O)cc2)cc1. The van der Waals surface area contributed by atoms with E-state index in [0.29, 0.717) is 24.3 Å². The van der Waals surface area contributed by atoms with Gasteiger partial charge in [-0.2, -0.15) is 0 Å². The first-order valence-electron chi connectivity index (χ1n) is 8.12. The van der Waals surface area contributed by atoms with E-state index in [1.807, 2.05) is 31.2 Å². The van der Waals surface area contributed by atoms with Gasteiger partial charge in [-0.1, -0.05) is 0 Å². The smallest absolute Gasteiger partial charge is 0.255 e. The Hall–Kier alpha value is -2.82. The van der Waals surface area contributed by atoms with Gasteiger partial charge in [-0.05, 0) is 61.9 Å². The Morgan fingerprint density at radius 2 is 1.83 bits per heavy atom. The van der Waals surface area contributed by atoms with Crippen LogP contribution in [-0.4, -0.2) is 25.0 Å². The van der Waals surface area contributed by atoms with E-state index in [-0.39, 0.29) is 11.8 Å². The largest absolute Gasteiger partial charge is 0.494 e. The third-order valence-electron chi connectivity index (χ3n) is 3.94. The Bertz CT molecular complexity index is 723. The van der Waals surface area contributed by atoms with E-state index in [2.05, 4.69) is 5.32 Å². The van der Waals surface area contributed by atoms with Crippen LogP contribution in [0.5, 0.6) is 5.75 Å². The van der Waals surface area contributed by atoms with Crippen molar-refractivity contribution in [1.82, 2.24) is 0 Å². The number of benzene rings is 2. The molecule has 1 N–H and O–H groups in total. The molecular weight excluding hydrogens is 304 g/mol. The van der Waals surface area contributed by atoms with Gasteiger partial charge < -0.3 is 15.0 Å². The Morgan fingerprint density at radius 1 is 1.12 bits per heavy atom. The third-order valence-corrected chi connectivity index (χ3v) is 3.94. The van der Waals surface area contributed by atoms with Crippen LogP contribution in [0.1, 0.15) is 30.1 Å². The highest BCUT2D eigenvalue weighted by Gasteiger charge is 2.21. The molecule has 0 saturated carbocycles. The molecule has 0 aliphatic carbocycles. The highest BCUT2D eigenvalue weighted by molar-refractivity contribution is 6.04. The first-order chi connectivity index (χ1) is 11.7. The van der Waals surface area contributed by atoms with Crippen LogP contribution >= 0.6 is 0 Å². The van der Waals surface area contributed by atoms with Gasteiger partial charge in [0.25, 0.3) is 5.91 Å². The van der Waals surface area contributed by atoms with Gasteiger partial charge in [0.05, 0.1) is 6.61 Å². The zero-order chi connectivity index (χ0) is 16.9. The lowest BCUT2D eigenvalue weighted by Crippen LogP contribution is -2.23. The average molecular weight is 324 g/mol. The molecule has 2 aromatic rings. The molecular formula is C19H20N2O3. The van der Waals surface area contributed by atoms with Crippen LogP contribution < -0.4 is 15.0 Å². The molecule has 2 amide bonds. The van der Waals surface area contributed by atoms with Gasteiger partial charge >= 0.3 is 0 Å². The molecule has 0 radical (unpaired) electrons. The van der Waals surface area contributed by atoms with Crippen molar-refractivity contribution in [3.63, 3.8) is 0 Å². The number of nitrogens with one attached hydrogen (secondary N) is 1. The zero-order valence-corrected chi connectivity index (χ0v) is 13.6. The molecule has 2 aromatic carbocycles. The van der Waals surface area contributed by atoms with Crippen LogP contribution in [0, 0.1) is 0 Å². The summed E-state index contributed by atoms with van der Waals surface area (Å²) in [6.45, 7) is 3.28. The highest BCUT2D eigenvalue weighted by atomic mass is 16.5. The molecule has 0 aromatic heterocycles. The summed E-state index contributed by atoms with van der Waals surface area (Å²) < 4.78 is 5.38. The van der Waals surface area contributed by atoms with E-state index in [4.69, 9.17) is 4.74 Å². The normalized spacial score (nSPS) is 13.9. The van der Waals surface area contributed by atoms with Crippen molar-refractivity contribution in [1.29, 1.82) is 0 Å². The van der Waals surface area contributed by atoms with Crippen LogP contribution in [-0.2, 0) is 4.79 Å². The maximum Gasteiger partial charge on any atom is 0.255 e.